The lowest BCUT2D eigenvalue weighted by Crippen LogP contribution is -2.45. The van der Waals surface area contributed by atoms with Crippen molar-refractivity contribution < 1.29 is 14.2 Å². The van der Waals surface area contributed by atoms with Crippen LogP contribution in [-0.4, -0.2) is 49.5 Å². The number of nitrogens with zero attached hydrogens (tertiary/aromatic N) is 1. The van der Waals surface area contributed by atoms with E-state index in [4.69, 9.17) is 4.74 Å². The molecule has 1 aliphatic heterocycles. The van der Waals surface area contributed by atoms with E-state index in [-0.39, 0.29) is 36.6 Å². The van der Waals surface area contributed by atoms with Gasteiger partial charge in [0, 0.05) is 26.2 Å². The minimum absolute atomic E-state index is 0. The Labute approximate surface area is 137 Å². The van der Waals surface area contributed by atoms with Crippen LogP contribution in [0.1, 0.15) is 18.5 Å². The van der Waals surface area contributed by atoms with Gasteiger partial charge in [0.05, 0.1) is 12.6 Å². The number of piperazine rings is 1. The largest absolute Gasteiger partial charge is 0.504 e. The van der Waals surface area contributed by atoms with Gasteiger partial charge in [-0.1, -0.05) is 6.07 Å². The maximum Gasteiger partial charge on any atom is 0.161 e. The number of phenolic OH excluding ortho intramolecular Hbond substituents is 1. The summed E-state index contributed by atoms with van der Waals surface area (Å²) in [5.41, 5.74) is 0.852. The molecule has 122 valence electrons. The van der Waals surface area contributed by atoms with Crippen LogP contribution in [0.25, 0.3) is 0 Å². The Bertz CT molecular complexity index is 418. The van der Waals surface area contributed by atoms with Crippen molar-refractivity contribution in [2.24, 2.45) is 0 Å². The fourth-order valence-corrected chi connectivity index (χ4v) is 2.40. The smallest absolute Gasteiger partial charge is 0.161 e. The summed E-state index contributed by atoms with van der Waals surface area (Å²) in [6.45, 7) is 5.33. The highest BCUT2D eigenvalue weighted by molar-refractivity contribution is 5.85. The summed E-state index contributed by atoms with van der Waals surface area (Å²) in [4.78, 5) is 2.12. The molecule has 1 heterocycles. The van der Waals surface area contributed by atoms with Crippen LogP contribution < -0.4 is 10.1 Å². The van der Waals surface area contributed by atoms with Gasteiger partial charge in [-0.25, -0.2) is 4.39 Å². The molecule has 1 fully saturated rings. The molecule has 0 radical (unpaired) electrons. The first kappa shape index (κ1) is 20.2. The Hall–Kier alpha value is -0.750. The number of alkyl halides is 1. The Morgan fingerprint density at radius 3 is 2.57 bits per heavy atom. The minimum Gasteiger partial charge on any atom is -0.504 e. The second-order valence-electron chi connectivity index (χ2n) is 4.62. The Balaban J connectivity index is 0.00000200. The van der Waals surface area contributed by atoms with Crippen LogP contribution in [-0.2, 0) is 0 Å². The molecule has 7 heteroatoms. The summed E-state index contributed by atoms with van der Waals surface area (Å²) in [6.07, 6.45) is 0. The van der Waals surface area contributed by atoms with Crippen LogP contribution in [0.5, 0.6) is 11.5 Å². The molecule has 1 aliphatic rings. The first-order valence-electron chi connectivity index (χ1n) is 6.72. The van der Waals surface area contributed by atoms with Crippen molar-refractivity contribution in [3.8, 4) is 11.5 Å². The van der Waals surface area contributed by atoms with Gasteiger partial charge in [0.15, 0.2) is 11.5 Å². The molecule has 0 saturated carbocycles. The van der Waals surface area contributed by atoms with Gasteiger partial charge in [-0.15, -0.1) is 24.8 Å². The molecule has 1 saturated heterocycles. The Morgan fingerprint density at radius 1 is 1.33 bits per heavy atom. The second kappa shape index (κ2) is 10.1. The van der Waals surface area contributed by atoms with Crippen LogP contribution in [0.3, 0.4) is 0 Å². The average molecular weight is 341 g/mol. The van der Waals surface area contributed by atoms with Crippen molar-refractivity contribution >= 4 is 24.8 Å². The molecule has 0 unspecified atom stereocenters. The van der Waals surface area contributed by atoms with E-state index in [9.17, 15) is 9.50 Å². The number of aromatic hydroxyl groups is 1. The van der Waals surface area contributed by atoms with Gasteiger partial charge in [0.1, 0.15) is 6.67 Å². The Kier molecular flexibility index (Phi) is 9.70. The number of rotatable bonds is 5. The van der Waals surface area contributed by atoms with E-state index in [0.717, 1.165) is 31.7 Å². The zero-order chi connectivity index (χ0) is 13.7. The van der Waals surface area contributed by atoms with Crippen molar-refractivity contribution in [1.82, 2.24) is 10.2 Å². The maximum atomic E-state index is 13.4. The van der Waals surface area contributed by atoms with Crippen LogP contribution >= 0.6 is 24.8 Å². The fourth-order valence-electron chi connectivity index (χ4n) is 2.40. The number of ether oxygens (including phenoxy) is 1. The van der Waals surface area contributed by atoms with Crippen LogP contribution in [0.2, 0.25) is 0 Å². The van der Waals surface area contributed by atoms with Crippen molar-refractivity contribution in [1.29, 1.82) is 0 Å². The predicted molar refractivity (Wildman–Crippen MR) is 86.9 cm³/mol. The van der Waals surface area contributed by atoms with Gasteiger partial charge in [0.25, 0.3) is 0 Å². The summed E-state index contributed by atoms with van der Waals surface area (Å²) in [5.74, 6) is 0.525. The molecular formula is C14H23Cl2FN2O2. The van der Waals surface area contributed by atoms with Crippen molar-refractivity contribution in [3.05, 3.63) is 23.8 Å². The molecule has 1 aromatic rings. The van der Waals surface area contributed by atoms with E-state index >= 15 is 0 Å². The van der Waals surface area contributed by atoms with E-state index in [1.807, 2.05) is 6.92 Å². The third-order valence-corrected chi connectivity index (χ3v) is 3.41. The van der Waals surface area contributed by atoms with E-state index in [2.05, 4.69) is 10.2 Å². The molecule has 2 N–H and O–H groups in total. The third-order valence-electron chi connectivity index (χ3n) is 3.41. The van der Waals surface area contributed by atoms with Crippen LogP contribution in [0, 0.1) is 0 Å². The molecule has 0 bridgehead atoms. The van der Waals surface area contributed by atoms with Gasteiger partial charge in [-0.3, -0.25) is 4.90 Å². The molecule has 1 aromatic carbocycles. The van der Waals surface area contributed by atoms with Gasteiger partial charge < -0.3 is 15.2 Å². The third kappa shape index (κ3) is 5.18. The summed E-state index contributed by atoms with van der Waals surface area (Å²) < 4.78 is 18.7. The van der Waals surface area contributed by atoms with E-state index in [1.54, 1.807) is 18.2 Å². The quantitative estimate of drug-likeness (QED) is 0.864. The molecule has 4 nitrogen and oxygen atoms in total. The zero-order valence-electron chi connectivity index (χ0n) is 12.0. The number of benzene rings is 1. The van der Waals surface area contributed by atoms with Crippen LogP contribution in [0.4, 0.5) is 4.39 Å². The predicted octanol–water partition coefficient (Wildman–Crippen LogP) is 2.55. The number of halogens is 3. The lowest BCUT2D eigenvalue weighted by atomic mass is 10.0. The zero-order valence-corrected chi connectivity index (χ0v) is 13.7. The minimum atomic E-state index is -0.434. The number of hydrogen-bond acceptors (Lipinski definition) is 4. The monoisotopic (exact) mass is 340 g/mol. The summed E-state index contributed by atoms with van der Waals surface area (Å²) in [6, 6.07) is 4.82. The standard InChI is InChI=1S/C14H21FN2O2.2ClH/c1-2-19-14-9-11(3-4-13(14)18)12(10-15)17-7-5-16-6-8-17;;/h3-4,9,12,16,18H,2,5-8,10H2,1H3;2*1H/t12-;;/m0../s1. The summed E-state index contributed by atoms with van der Waals surface area (Å²) >= 11 is 0. The molecule has 0 aliphatic carbocycles. The molecule has 21 heavy (non-hydrogen) atoms. The van der Waals surface area contributed by atoms with E-state index in [0.29, 0.717) is 12.4 Å². The molecule has 0 aromatic heterocycles. The molecule has 0 spiro atoms. The number of hydrogen-bond donors (Lipinski definition) is 2. The van der Waals surface area contributed by atoms with Crippen molar-refractivity contribution in [2.45, 2.75) is 13.0 Å². The lowest BCUT2D eigenvalue weighted by Gasteiger charge is -2.33. The normalized spacial score (nSPS) is 16.5. The van der Waals surface area contributed by atoms with Crippen LogP contribution in [0.15, 0.2) is 18.2 Å². The first-order valence-corrected chi connectivity index (χ1v) is 6.72. The fraction of sp³-hybridized carbons (Fsp3) is 0.571. The van der Waals surface area contributed by atoms with E-state index in [1.165, 1.54) is 0 Å². The summed E-state index contributed by atoms with van der Waals surface area (Å²) in [7, 11) is 0. The van der Waals surface area contributed by atoms with Gasteiger partial charge in [-0.05, 0) is 24.6 Å². The second-order valence-corrected chi connectivity index (χ2v) is 4.62. The number of phenols is 1. The SMILES string of the molecule is CCOc1cc([C@H](CF)N2CCNCC2)ccc1O.Cl.Cl. The van der Waals surface area contributed by atoms with Crippen molar-refractivity contribution in [2.75, 3.05) is 39.5 Å². The molecule has 0 amide bonds. The lowest BCUT2D eigenvalue weighted by molar-refractivity contribution is 0.147. The summed E-state index contributed by atoms with van der Waals surface area (Å²) in [5, 5.41) is 12.9. The van der Waals surface area contributed by atoms with Gasteiger partial charge in [0.2, 0.25) is 0 Å². The Morgan fingerprint density at radius 2 is 2.00 bits per heavy atom. The molecule has 2 rings (SSSR count). The highest BCUT2D eigenvalue weighted by Crippen LogP contribution is 2.31. The van der Waals surface area contributed by atoms with Gasteiger partial charge in [-0.2, -0.15) is 0 Å². The maximum absolute atomic E-state index is 13.4. The molecule has 1 atom stereocenters. The average Bonchev–Trinajstić information content (AvgIpc) is 2.44. The first-order chi connectivity index (χ1) is 9.26. The topological polar surface area (TPSA) is 44.7 Å². The van der Waals surface area contributed by atoms with Gasteiger partial charge >= 0.3 is 0 Å². The van der Waals surface area contributed by atoms with E-state index < -0.39 is 6.67 Å². The number of nitrogens with one attached hydrogen (secondary N) is 1. The van der Waals surface area contributed by atoms with Crippen molar-refractivity contribution in [3.63, 3.8) is 0 Å². The highest BCUT2D eigenvalue weighted by atomic mass is 35.5. The molecular weight excluding hydrogens is 318 g/mol. The highest BCUT2D eigenvalue weighted by Gasteiger charge is 2.23.